The molecule has 1 saturated heterocycles. The van der Waals surface area contributed by atoms with Crippen LogP contribution in [0.2, 0.25) is 0 Å². The minimum atomic E-state index is -0.196. The lowest BCUT2D eigenvalue weighted by Gasteiger charge is -2.26. The second kappa shape index (κ2) is 8.85. The highest BCUT2D eigenvalue weighted by Gasteiger charge is 2.29. The number of aromatic amines is 1. The summed E-state index contributed by atoms with van der Waals surface area (Å²) in [5, 5.41) is 0.469. The zero-order chi connectivity index (χ0) is 22.0. The fourth-order valence-corrected chi connectivity index (χ4v) is 4.24. The van der Waals surface area contributed by atoms with Crippen molar-refractivity contribution >= 4 is 10.9 Å². The van der Waals surface area contributed by atoms with Crippen molar-refractivity contribution in [2.75, 3.05) is 35.0 Å². The van der Waals surface area contributed by atoms with Crippen molar-refractivity contribution in [1.29, 1.82) is 0 Å². The minimum Gasteiger partial charge on any atom is -0.497 e. The molecule has 8 heteroatoms. The number of aromatic nitrogens is 2. The van der Waals surface area contributed by atoms with E-state index in [-0.39, 0.29) is 11.6 Å². The summed E-state index contributed by atoms with van der Waals surface area (Å²) in [7, 11) is 6.42. The number of nitrogens with zero attached hydrogens (tertiary/aromatic N) is 2. The third-order valence-corrected chi connectivity index (χ3v) is 5.78. The summed E-state index contributed by atoms with van der Waals surface area (Å²) in [6.45, 7) is 1.44. The lowest BCUT2D eigenvalue weighted by molar-refractivity contribution is 0.237. The summed E-state index contributed by atoms with van der Waals surface area (Å²) in [4.78, 5) is 22.7. The summed E-state index contributed by atoms with van der Waals surface area (Å²) in [5.41, 5.74) is 1.49. The zero-order valence-corrected chi connectivity index (χ0v) is 18.2. The number of hydrogen-bond acceptors (Lipinski definition) is 7. The first kappa shape index (κ1) is 21.0. The number of nitrogens with one attached hydrogen (secondary N) is 1. The van der Waals surface area contributed by atoms with Crippen LogP contribution < -0.4 is 24.5 Å². The highest BCUT2D eigenvalue weighted by atomic mass is 16.5. The number of rotatable bonds is 7. The number of benzene rings is 2. The van der Waals surface area contributed by atoms with Crippen LogP contribution >= 0.6 is 0 Å². The van der Waals surface area contributed by atoms with E-state index in [1.54, 1.807) is 40.6 Å². The standard InChI is InChI=1S/C23H27N3O5/c1-28-14-7-8-15(19(10-14)29-2)18-6-5-9-26(18)13-22-24-17-12-21(31-4)20(30-3)11-16(17)23(27)25-22/h7-8,10-12,18H,5-6,9,13H2,1-4H3,(H,24,25,27)/t18-/m0/s1. The molecule has 2 aromatic carbocycles. The highest BCUT2D eigenvalue weighted by Crippen LogP contribution is 2.39. The van der Waals surface area contributed by atoms with Gasteiger partial charge in [-0.1, -0.05) is 6.07 Å². The molecule has 0 radical (unpaired) electrons. The summed E-state index contributed by atoms with van der Waals surface area (Å²) in [6.07, 6.45) is 2.06. The van der Waals surface area contributed by atoms with Gasteiger partial charge in [0.2, 0.25) is 0 Å². The lowest BCUT2D eigenvalue weighted by atomic mass is 10.0. The van der Waals surface area contributed by atoms with Gasteiger partial charge >= 0.3 is 0 Å². The van der Waals surface area contributed by atoms with Gasteiger partial charge < -0.3 is 23.9 Å². The molecular formula is C23H27N3O5. The van der Waals surface area contributed by atoms with E-state index in [2.05, 4.69) is 9.88 Å². The van der Waals surface area contributed by atoms with E-state index in [9.17, 15) is 4.79 Å². The number of H-pyrrole nitrogens is 1. The number of methoxy groups -OCH3 is 4. The van der Waals surface area contributed by atoms with Crippen LogP contribution in [0.15, 0.2) is 35.1 Å². The minimum absolute atomic E-state index is 0.173. The Bertz CT molecular complexity index is 1140. The Kier molecular flexibility index (Phi) is 5.99. The third-order valence-electron chi connectivity index (χ3n) is 5.78. The fourth-order valence-electron chi connectivity index (χ4n) is 4.24. The summed E-state index contributed by atoms with van der Waals surface area (Å²) in [6, 6.07) is 9.47. The van der Waals surface area contributed by atoms with Gasteiger partial charge in [-0.2, -0.15) is 0 Å². The van der Waals surface area contributed by atoms with Crippen molar-refractivity contribution in [2.24, 2.45) is 0 Å². The zero-order valence-electron chi connectivity index (χ0n) is 18.2. The molecular weight excluding hydrogens is 398 g/mol. The van der Waals surface area contributed by atoms with Gasteiger partial charge in [-0.05, 0) is 31.5 Å². The van der Waals surface area contributed by atoms with E-state index >= 15 is 0 Å². The van der Waals surface area contributed by atoms with Gasteiger partial charge in [0.25, 0.3) is 5.56 Å². The molecule has 8 nitrogen and oxygen atoms in total. The topological polar surface area (TPSA) is 85.9 Å². The Morgan fingerprint density at radius 2 is 1.74 bits per heavy atom. The van der Waals surface area contributed by atoms with Crippen LogP contribution in [0.5, 0.6) is 23.0 Å². The first-order valence-corrected chi connectivity index (χ1v) is 10.2. The van der Waals surface area contributed by atoms with Crippen LogP contribution in [0, 0.1) is 0 Å². The van der Waals surface area contributed by atoms with Gasteiger partial charge in [0, 0.05) is 23.7 Å². The van der Waals surface area contributed by atoms with Crippen LogP contribution in [-0.4, -0.2) is 49.9 Å². The van der Waals surface area contributed by atoms with E-state index < -0.39 is 0 Å². The smallest absolute Gasteiger partial charge is 0.258 e. The summed E-state index contributed by atoms with van der Waals surface area (Å²) < 4.78 is 21.6. The van der Waals surface area contributed by atoms with E-state index in [4.69, 9.17) is 23.9 Å². The van der Waals surface area contributed by atoms with Crippen molar-refractivity contribution < 1.29 is 18.9 Å². The molecule has 1 atom stereocenters. The second-order valence-electron chi connectivity index (χ2n) is 7.47. The molecule has 164 valence electrons. The van der Waals surface area contributed by atoms with Crippen molar-refractivity contribution in [1.82, 2.24) is 14.9 Å². The van der Waals surface area contributed by atoms with Gasteiger partial charge in [-0.25, -0.2) is 4.98 Å². The summed E-state index contributed by atoms with van der Waals surface area (Å²) >= 11 is 0. The predicted octanol–water partition coefficient (Wildman–Crippen LogP) is 3.29. The lowest BCUT2D eigenvalue weighted by Crippen LogP contribution is -2.26. The first-order chi connectivity index (χ1) is 15.1. The molecule has 1 aliphatic rings. The quantitative estimate of drug-likeness (QED) is 0.622. The fraction of sp³-hybridized carbons (Fsp3) is 0.391. The van der Waals surface area contributed by atoms with Gasteiger partial charge in [-0.3, -0.25) is 9.69 Å². The third kappa shape index (κ3) is 4.03. The van der Waals surface area contributed by atoms with E-state index in [0.717, 1.165) is 36.4 Å². The molecule has 31 heavy (non-hydrogen) atoms. The van der Waals surface area contributed by atoms with Gasteiger partial charge in [0.1, 0.15) is 17.3 Å². The number of fused-ring (bicyclic) bond motifs is 1. The molecule has 0 bridgehead atoms. The van der Waals surface area contributed by atoms with Crippen molar-refractivity contribution in [3.05, 3.63) is 52.1 Å². The number of hydrogen-bond donors (Lipinski definition) is 1. The SMILES string of the molecule is COc1ccc([C@@H]2CCCN2Cc2nc3cc(OC)c(OC)cc3c(=O)[nH]2)c(OC)c1. The second-order valence-corrected chi connectivity index (χ2v) is 7.47. The van der Waals surface area contributed by atoms with Gasteiger partial charge in [0.15, 0.2) is 11.5 Å². The van der Waals surface area contributed by atoms with Gasteiger partial charge in [0.05, 0.1) is 45.9 Å². The molecule has 0 unspecified atom stereocenters. The van der Waals surface area contributed by atoms with Crippen LogP contribution in [0.4, 0.5) is 0 Å². The molecule has 1 fully saturated rings. The molecule has 1 aromatic heterocycles. The molecule has 0 saturated carbocycles. The predicted molar refractivity (Wildman–Crippen MR) is 117 cm³/mol. The average Bonchev–Trinajstić information content (AvgIpc) is 3.25. The van der Waals surface area contributed by atoms with E-state index in [0.29, 0.717) is 34.8 Å². The number of likely N-dealkylation sites (tertiary alicyclic amines) is 1. The number of ether oxygens (including phenoxy) is 4. The Labute approximate surface area is 180 Å². The molecule has 0 amide bonds. The molecule has 3 aromatic rings. The van der Waals surface area contributed by atoms with Crippen LogP contribution in [0.25, 0.3) is 10.9 Å². The van der Waals surface area contributed by atoms with E-state index in [1.165, 1.54) is 0 Å². The monoisotopic (exact) mass is 425 g/mol. The van der Waals surface area contributed by atoms with E-state index in [1.807, 2.05) is 18.2 Å². The maximum absolute atomic E-state index is 12.7. The van der Waals surface area contributed by atoms with Crippen LogP contribution in [0.1, 0.15) is 30.3 Å². The Morgan fingerprint density at radius 1 is 1.00 bits per heavy atom. The molecule has 1 N–H and O–H groups in total. The van der Waals surface area contributed by atoms with Crippen LogP contribution in [0.3, 0.4) is 0 Å². The summed E-state index contributed by atoms with van der Waals surface area (Å²) in [5.74, 6) is 3.22. The van der Waals surface area contributed by atoms with Crippen molar-refractivity contribution in [3.8, 4) is 23.0 Å². The Balaban J connectivity index is 1.66. The van der Waals surface area contributed by atoms with Crippen molar-refractivity contribution in [2.45, 2.75) is 25.4 Å². The van der Waals surface area contributed by atoms with Gasteiger partial charge in [-0.15, -0.1) is 0 Å². The normalized spacial score (nSPS) is 16.5. The molecule has 0 aliphatic carbocycles. The Hall–Kier alpha value is -3.26. The molecule has 0 spiro atoms. The molecule has 1 aliphatic heterocycles. The largest absolute Gasteiger partial charge is 0.497 e. The maximum atomic E-state index is 12.7. The first-order valence-electron chi connectivity index (χ1n) is 10.2. The average molecular weight is 425 g/mol. The molecule has 2 heterocycles. The Morgan fingerprint density at radius 3 is 2.45 bits per heavy atom. The molecule has 4 rings (SSSR count). The van der Waals surface area contributed by atoms with Crippen molar-refractivity contribution in [3.63, 3.8) is 0 Å². The highest BCUT2D eigenvalue weighted by molar-refractivity contribution is 5.81. The van der Waals surface area contributed by atoms with Crippen LogP contribution in [-0.2, 0) is 6.54 Å². The maximum Gasteiger partial charge on any atom is 0.258 e.